The summed E-state index contributed by atoms with van der Waals surface area (Å²) in [6.45, 7) is 8.08. The zero-order valence-electron chi connectivity index (χ0n) is 16.5. The van der Waals surface area contributed by atoms with E-state index in [1.165, 1.54) is 44.1 Å². The summed E-state index contributed by atoms with van der Waals surface area (Å²) in [5, 5.41) is 0.00309. The van der Waals surface area contributed by atoms with Crippen molar-refractivity contribution in [2.45, 2.75) is 38.6 Å². The first-order valence-corrected chi connectivity index (χ1v) is 10.5. The molecule has 2 aliphatic rings. The first-order valence-electron chi connectivity index (χ1n) is 10.1. The first kappa shape index (κ1) is 20.6. The van der Waals surface area contributed by atoms with Crippen LogP contribution in [-0.4, -0.2) is 73.0 Å². The Bertz CT molecular complexity index is 640. The Morgan fingerprint density at radius 1 is 1.19 bits per heavy atom. The van der Waals surface area contributed by atoms with E-state index in [4.69, 9.17) is 11.6 Å². The molecule has 2 heterocycles. The molecule has 3 rings (SSSR count). The van der Waals surface area contributed by atoms with Crippen LogP contribution in [0.5, 0.6) is 0 Å². The molecule has 150 valence electrons. The minimum absolute atomic E-state index is 0.00309. The van der Waals surface area contributed by atoms with Crippen molar-refractivity contribution in [1.82, 2.24) is 14.7 Å². The molecule has 1 aromatic carbocycles. The highest BCUT2D eigenvalue weighted by molar-refractivity contribution is 6.31. The molecule has 27 heavy (non-hydrogen) atoms. The molecule has 0 spiro atoms. The number of likely N-dealkylation sites (tertiary alicyclic amines) is 2. The fraction of sp³-hybridized carbons (Fsp3) is 0.667. The van der Waals surface area contributed by atoms with Crippen LogP contribution in [0.3, 0.4) is 0 Å². The van der Waals surface area contributed by atoms with Crippen LogP contribution >= 0.6 is 11.6 Å². The van der Waals surface area contributed by atoms with Gasteiger partial charge in [-0.1, -0.05) is 11.6 Å². The van der Waals surface area contributed by atoms with E-state index in [0.717, 1.165) is 38.5 Å². The highest BCUT2D eigenvalue weighted by atomic mass is 35.5. The third-order valence-electron chi connectivity index (χ3n) is 6.17. The van der Waals surface area contributed by atoms with Gasteiger partial charge in [-0.15, -0.1) is 0 Å². The van der Waals surface area contributed by atoms with Crippen molar-refractivity contribution in [3.8, 4) is 0 Å². The average Bonchev–Trinajstić information content (AvgIpc) is 2.69. The summed E-state index contributed by atoms with van der Waals surface area (Å²) in [4.78, 5) is 19.7. The van der Waals surface area contributed by atoms with Crippen LogP contribution < -0.4 is 0 Å². The molecular formula is C21H31ClFN3O. The molecule has 1 aromatic rings. The zero-order chi connectivity index (χ0) is 19.4. The van der Waals surface area contributed by atoms with E-state index in [2.05, 4.69) is 16.8 Å². The zero-order valence-corrected chi connectivity index (χ0v) is 17.2. The molecule has 6 heteroatoms. The van der Waals surface area contributed by atoms with E-state index in [-0.39, 0.29) is 10.9 Å². The molecule has 0 atom stereocenters. The van der Waals surface area contributed by atoms with Gasteiger partial charge in [0, 0.05) is 24.7 Å². The van der Waals surface area contributed by atoms with Gasteiger partial charge in [-0.25, -0.2) is 4.39 Å². The predicted octanol–water partition coefficient (Wildman–Crippen LogP) is 3.75. The van der Waals surface area contributed by atoms with Crippen LogP contribution in [0.1, 0.15) is 43.0 Å². The normalized spacial score (nSPS) is 20.7. The number of benzene rings is 1. The summed E-state index contributed by atoms with van der Waals surface area (Å²) in [7, 11) is 2.20. The predicted molar refractivity (Wildman–Crippen MR) is 108 cm³/mol. The fourth-order valence-corrected chi connectivity index (χ4v) is 4.52. The van der Waals surface area contributed by atoms with Crippen molar-refractivity contribution in [2.75, 3.05) is 46.3 Å². The third-order valence-corrected chi connectivity index (χ3v) is 6.46. The van der Waals surface area contributed by atoms with Crippen molar-refractivity contribution < 1.29 is 9.18 Å². The van der Waals surface area contributed by atoms with E-state index < -0.39 is 5.82 Å². The molecule has 0 aromatic heterocycles. The van der Waals surface area contributed by atoms with Gasteiger partial charge in [0.25, 0.3) is 5.91 Å². The van der Waals surface area contributed by atoms with Crippen molar-refractivity contribution >= 4 is 17.5 Å². The second kappa shape index (κ2) is 9.35. The summed E-state index contributed by atoms with van der Waals surface area (Å²) in [5.74, 6) is -0.0120. The summed E-state index contributed by atoms with van der Waals surface area (Å²) < 4.78 is 13.4. The second-order valence-electron chi connectivity index (χ2n) is 7.99. The van der Waals surface area contributed by atoms with Gasteiger partial charge in [0.1, 0.15) is 5.82 Å². The molecule has 0 radical (unpaired) electrons. The maximum Gasteiger partial charge on any atom is 0.253 e. The van der Waals surface area contributed by atoms with Gasteiger partial charge < -0.3 is 14.7 Å². The first-order chi connectivity index (χ1) is 13.0. The largest absolute Gasteiger partial charge is 0.339 e. The van der Waals surface area contributed by atoms with Crippen LogP contribution in [0.4, 0.5) is 4.39 Å². The second-order valence-corrected chi connectivity index (χ2v) is 8.39. The van der Waals surface area contributed by atoms with Crippen LogP contribution in [-0.2, 0) is 0 Å². The number of halogens is 2. The molecule has 0 bridgehead atoms. The Kier molecular flexibility index (Phi) is 7.12. The maximum absolute atomic E-state index is 13.4. The lowest BCUT2D eigenvalue weighted by atomic mass is 9.93. The molecular weight excluding hydrogens is 365 g/mol. The average molecular weight is 396 g/mol. The van der Waals surface area contributed by atoms with Gasteiger partial charge in [0.15, 0.2) is 0 Å². The van der Waals surface area contributed by atoms with Crippen LogP contribution in [0, 0.1) is 11.7 Å². The van der Waals surface area contributed by atoms with E-state index in [0.29, 0.717) is 18.0 Å². The van der Waals surface area contributed by atoms with Crippen LogP contribution in [0.15, 0.2) is 18.2 Å². The number of carbonyl (C=O) groups is 1. The lowest BCUT2D eigenvalue weighted by Crippen LogP contribution is -2.48. The summed E-state index contributed by atoms with van der Waals surface area (Å²) in [5.41, 5.74) is 0.465. The molecule has 0 N–H and O–H groups in total. The monoisotopic (exact) mass is 395 g/mol. The lowest BCUT2D eigenvalue weighted by Gasteiger charge is -2.41. The van der Waals surface area contributed by atoms with Crippen molar-refractivity contribution in [2.24, 2.45) is 5.92 Å². The maximum atomic E-state index is 13.4. The molecule has 0 unspecified atom stereocenters. The molecule has 1 amide bonds. The highest BCUT2D eigenvalue weighted by Gasteiger charge is 2.29. The molecule has 4 nitrogen and oxygen atoms in total. The van der Waals surface area contributed by atoms with E-state index >= 15 is 0 Å². The van der Waals surface area contributed by atoms with Gasteiger partial charge in [-0.3, -0.25) is 4.79 Å². The summed E-state index contributed by atoms with van der Waals surface area (Å²) in [6, 6.07) is 4.95. The molecule has 2 fully saturated rings. The van der Waals surface area contributed by atoms with Gasteiger partial charge in [-0.2, -0.15) is 0 Å². The number of piperidine rings is 2. The van der Waals surface area contributed by atoms with Gasteiger partial charge >= 0.3 is 0 Å². The molecule has 0 saturated carbocycles. The number of hydrogen-bond acceptors (Lipinski definition) is 3. The van der Waals surface area contributed by atoms with Gasteiger partial charge in [0.05, 0.1) is 5.02 Å². The topological polar surface area (TPSA) is 26.8 Å². The number of carbonyl (C=O) groups excluding carboxylic acids is 1. The Balaban J connectivity index is 1.52. The Morgan fingerprint density at radius 3 is 2.44 bits per heavy atom. The Hall–Kier alpha value is -1.17. The minimum atomic E-state index is -0.488. The van der Waals surface area contributed by atoms with Crippen molar-refractivity contribution in [3.63, 3.8) is 0 Å². The molecule has 2 aliphatic heterocycles. The molecule has 2 saturated heterocycles. The van der Waals surface area contributed by atoms with Crippen LogP contribution in [0.25, 0.3) is 0 Å². The third kappa shape index (κ3) is 5.21. The van der Waals surface area contributed by atoms with E-state index in [1.807, 2.05) is 11.8 Å². The Morgan fingerprint density at radius 2 is 1.85 bits per heavy atom. The van der Waals surface area contributed by atoms with Gasteiger partial charge in [-0.05, 0) is 90.0 Å². The van der Waals surface area contributed by atoms with Crippen LogP contribution in [0.2, 0.25) is 5.02 Å². The smallest absolute Gasteiger partial charge is 0.253 e. The van der Waals surface area contributed by atoms with Gasteiger partial charge in [0.2, 0.25) is 0 Å². The number of nitrogens with zero attached hydrogens (tertiary/aromatic N) is 3. The number of amides is 1. The highest BCUT2D eigenvalue weighted by Crippen LogP contribution is 2.25. The van der Waals surface area contributed by atoms with Crippen molar-refractivity contribution in [3.05, 3.63) is 34.6 Å². The number of rotatable bonds is 5. The fourth-order valence-electron chi connectivity index (χ4n) is 4.34. The minimum Gasteiger partial charge on any atom is -0.339 e. The van der Waals surface area contributed by atoms with E-state index in [9.17, 15) is 9.18 Å². The number of hydrogen-bond donors (Lipinski definition) is 0. The summed E-state index contributed by atoms with van der Waals surface area (Å²) >= 11 is 5.84. The van der Waals surface area contributed by atoms with E-state index in [1.54, 1.807) is 0 Å². The van der Waals surface area contributed by atoms with Crippen molar-refractivity contribution in [1.29, 1.82) is 0 Å². The summed E-state index contributed by atoms with van der Waals surface area (Å²) in [6.07, 6.45) is 4.82. The Labute approximate surface area is 167 Å². The standard InChI is InChI=1S/C21H31ClFN3O/c1-3-25(21(27)17-4-5-20(23)19(22)14-17)15-16-6-12-26(13-7-16)18-8-10-24(2)11-9-18/h4-5,14,16,18H,3,6-13,15H2,1-2H3. The lowest BCUT2D eigenvalue weighted by molar-refractivity contribution is 0.0611. The molecule has 0 aliphatic carbocycles. The quantitative estimate of drug-likeness (QED) is 0.759. The SMILES string of the molecule is CCN(CC1CCN(C2CCN(C)CC2)CC1)C(=O)c1ccc(F)c(Cl)c1.